The van der Waals surface area contributed by atoms with Gasteiger partial charge < -0.3 is 5.11 Å². The molecular weight excluding hydrogens is 245 g/mol. The molecule has 1 aromatic rings. The van der Waals surface area contributed by atoms with E-state index in [9.17, 15) is 14.3 Å². The lowest BCUT2D eigenvalue weighted by atomic mass is 10.0. The Balaban J connectivity index is 2.00. The molecule has 0 unspecified atom stereocenters. The molecule has 3 rings (SSSR count). The number of carbonyl (C=O) groups is 1. The van der Waals surface area contributed by atoms with E-state index in [1.807, 2.05) is 0 Å². The van der Waals surface area contributed by atoms with Crippen LogP contribution in [-0.4, -0.2) is 16.6 Å². The van der Waals surface area contributed by atoms with Crippen molar-refractivity contribution in [2.45, 2.75) is 25.7 Å². The molecule has 4 heteroatoms. The maximum absolute atomic E-state index is 12.9. The van der Waals surface area contributed by atoms with Gasteiger partial charge in [0, 0.05) is 18.8 Å². The highest BCUT2D eigenvalue weighted by Crippen LogP contribution is 2.38. The molecule has 19 heavy (non-hydrogen) atoms. The van der Waals surface area contributed by atoms with Crippen molar-refractivity contribution in [3.8, 4) is 0 Å². The highest BCUT2D eigenvalue weighted by molar-refractivity contribution is 6.25. The molecular formula is C15H14FNO2. The van der Waals surface area contributed by atoms with Gasteiger partial charge in [0.2, 0.25) is 0 Å². The molecule has 0 atom stereocenters. The Morgan fingerprint density at radius 3 is 2.42 bits per heavy atom. The van der Waals surface area contributed by atoms with Crippen molar-refractivity contribution in [3.63, 3.8) is 0 Å². The third-order valence-corrected chi connectivity index (χ3v) is 3.45. The molecule has 1 N–H and O–H groups in total. The first-order chi connectivity index (χ1) is 9.15. The van der Waals surface area contributed by atoms with Crippen molar-refractivity contribution in [3.05, 3.63) is 41.4 Å². The number of carbonyl (C=O) groups excluding carboxylic acids is 1. The highest BCUT2D eigenvalue weighted by atomic mass is 19.1. The topological polar surface area (TPSA) is 49.7 Å². The quantitative estimate of drug-likeness (QED) is 0.845. The Bertz CT molecular complexity index is 583. The molecule has 1 aromatic carbocycles. The van der Waals surface area contributed by atoms with Crippen LogP contribution in [0.1, 0.15) is 25.7 Å². The van der Waals surface area contributed by atoms with Gasteiger partial charge in [0.1, 0.15) is 11.6 Å². The summed E-state index contributed by atoms with van der Waals surface area (Å²) < 4.78 is 12.9. The number of halogens is 1. The number of hydrogen-bond donors (Lipinski definition) is 1. The second kappa shape index (κ2) is 4.61. The van der Waals surface area contributed by atoms with Crippen molar-refractivity contribution < 1.29 is 14.3 Å². The fourth-order valence-corrected chi connectivity index (χ4v) is 2.30. The molecule has 0 radical (unpaired) electrons. The minimum atomic E-state index is -0.314. The standard InChI is InChI=1S/C15H14FNO2/c16-10-3-5-11(6-4-10)17-15(9-1-2-9)14-12(18)7-8-13(14)19/h3-6,9,18H,1-2,7-8H2. The van der Waals surface area contributed by atoms with Gasteiger partial charge in [-0.1, -0.05) is 0 Å². The highest BCUT2D eigenvalue weighted by Gasteiger charge is 2.36. The van der Waals surface area contributed by atoms with E-state index in [1.165, 1.54) is 12.1 Å². The van der Waals surface area contributed by atoms with Crippen LogP contribution in [0.4, 0.5) is 10.1 Å². The number of aliphatic hydroxyl groups excluding tert-OH is 1. The molecule has 2 aliphatic rings. The van der Waals surface area contributed by atoms with E-state index in [0.717, 1.165) is 12.8 Å². The fourth-order valence-electron chi connectivity index (χ4n) is 2.30. The zero-order chi connectivity index (χ0) is 13.4. The third-order valence-electron chi connectivity index (χ3n) is 3.45. The van der Waals surface area contributed by atoms with E-state index >= 15 is 0 Å². The monoisotopic (exact) mass is 259 g/mol. The van der Waals surface area contributed by atoms with Crippen LogP contribution in [0.5, 0.6) is 0 Å². The maximum Gasteiger partial charge on any atom is 0.168 e. The second-order valence-corrected chi connectivity index (χ2v) is 4.99. The van der Waals surface area contributed by atoms with Crippen molar-refractivity contribution in [1.29, 1.82) is 0 Å². The van der Waals surface area contributed by atoms with Gasteiger partial charge >= 0.3 is 0 Å². The van der Waals surface area contributed by atoms with Gasteiger partial charge in [0.25, 0.3) is 0 Å². The normalized spacial score (nSPS) is 20.3. The zero-order valence-corrected chi connectivity index (χ0v) is 10.4. The predicted molar refractivity (Wildman–Crippen MR) is 70.1 cm³/mol. The number of rotatable bonds is 3. The molecule has 1 saturated carbocycles. The summed E-state index contributed by atoms with van der Waals surface area (Å²) in [5, 5.41) is 9.85. The van der Waals surface area contributed by atoms with E-state index < -0.39 is 0 Å². The van der Waals surface area contributed by atoms with Gasteiger partial charge in [-0.3, -0.25) is 9.79 Å². The van der Waals surface area contributed by atoms with E-state index in [2.05, 4.69) is 4.99 Å². The Hall–Kier alpha value is -1.97. The summed E-state index contributed by atoms with van der Waals surface area (Å²) in [5.74, 6) is 0.0539. The van der Waals surface area contributed by atoms with Gasteiger partial charge in [-0.05, 0) is 37.1 Å². The Morgan fingerprint density at radius 1 is 1.21 bits per heavy atom. The fraction of sp³-hybridized carbons (Fsp3) is 0.333. The molecule has 0 aromatic heterocycles. The SMILES string of the molecule is O=C1CCC(O)=C1C(=Nc1ccc(F)cc1)C1CC1. The summed E-state index contributed by atoms with van der Waals surface area (Å²) in [7, 11) is 0. The summed E-state index contributed by atoms with van der Waals surface area (Å²) >= 11 is 0. The maximum atomic E-state index is 12.9. The molecule has 1 fully saturated rings. The number of ketones is 1. The second-order valence-electron chi connectivity index (χ2n) is 4.99. The van der Waals surface area contributed by atoms with E-state index in [4.69, 9.17) is 0 Å². The molecule has 0 aliphatic heterocycles. The summed E-state index contributed by atoms with van der Waals surface area (Å²) in [6.07, 6.45) is 2.74. The Morgan fingerprint density at radius 2 is 1.89 bits per heavy atom. The molecule has 0 amide bonds. The average Bonchev–Trinajstić information content (AvgIpc) is 3.17. The van der Waals surface area contributed by atoms with Crippen LogP contribution in [0.15, 0.2) is 40.6 Å². The van der Waals surface area contributed by atoms with E-state index in [1.54, 1.807) is 12.1 Å². The zero-order valence-electron chi connectivity index (χ0n) is 10.4. The lowest BCUT2D eigenvalue weighted by Crippen LogP contribution is -2.12. The van der Waals surface area contributed by atoms with Crippen LogP contribution in [0.25, 0.3) is 0 Å². The van der Waals surface area contributed by atoms with Crippen LogP contribution < -0.4 is 0 Å². The van der Waals surface area contributed by atoms with Crippen molar-refractivity contribution in [2.75, 3.05) is 0 Å². The minimum absolute atomic E-state index is 0.0368. The number of benzene rings is 1. The van der Waals surface area contributed by atoms with E-state index in [0.29, 0.717) is 29.8 Å². The van der Waals surface area contributed by atoms with Crippen LogP contribution >= 0.6 is 0 Å². The summed E-state index contributed by atoms with van der Waals surface area (Å²) in [6, 6.07) is 5.84. The minimum Gasteiger partial charge on any atom is -0.511 e. The first kappa shape index (κ1) is 12.1. The molecule has 3 nitrogen and oxygen atoms in total. The summed E-state index contributed by atoms with van der Waals surface area (Å²) in [6.45, 7) is 0. The van der Waals surface area contributed by atoms with Crippen molar-refractivity contribution in [2.24, 2.45) is 10.9 Å². The molecule has 0 heterocycles. The van der Waals surface area contributed by atoms with Gasteiger partial charge in [0.05, 0.1) is 17.0 Å². The number of hydrogen-bond acceptors (Lipinski definition) is 3. The van der Waals surface area contributed by atoms with Crippen molar-refractivity contribution >= 4 is 17.2 Å². The summed E-state index contributed by atoms with van der Waals surface area (Å²) in [5.41, 5.74) is 1.68. The number of allylic oxidation sites excluding steroid dienone is 2. The number of Topliss-reactive ketones (excluding diaryl/α,β-unsaturated/α-hetero) is 1. The van der Waals surface area contributed by atoms with Crippen LogP contribution in [0.2, 0.25) is 0 Å². The van der Waals surface area contributed by atoms with Crippen LogP contribution in [-0.2, 0) is 4.79 Å². The molecule has 2 aliphatic carbocycles. The molecule has 0 saturated heterocycles. The van der Waals surface area contributed by atoms with Crippen LogP contribution in [0.3, 0.4) is 0 Å². The largest absolute Gasteiger partial charge is 0.511 e. The smallest absolute Gasteiger partial charge is 0.168 e. The third kappa shape index (κ3) is 2.43. The molecule has 98 valence electrons. The number of aliphatic imine (C=N–C) groups is 1. The van der Waals surface area contributed by atoms with Crippen molar-refractivity contribution in [1.82, 2.24) is 0 Å². The Labute approximate surface area is 110 Å². The van der Waals surface area contributed by atoms with Gasteiger partial charge in [0.15, 0.2) is 5.78 Å². The Kier molecular flexibility index (Phi) is 2.93. The van der Waals surface area contributed by atoms with Gasteiger partial charge in [-0.25, -0.2) is 4.39 Å². The average molecular weight is 259 g/mol. The van der Waals surface area contributed by atoms with Gasteiger partial charge in [-0.15, -0.1) is 0 Å². The lowest BCUT2D eigenvalue weighted by molar-refractivity contribution is -0.114. The van der Waals surface area contributed by atoms with Crippen LogP contribution in [0, 0.1) is 11.7 Å². The first-order valence-electron chi connectivity index (χ1n) is 6.45. The van der Waals surface area contributed by atoms with Gasteiger partial charge in [-0.2, -0.15) is 0 Å². The van der Waals surface area contributed by atoms with E-state index in [-0.39, 0.29) is 23.3 Å². The lowest BCUT2D eigenvalue weighted by Gasteiger charge is -2.06. The molecule has 0 bridgehead atoms. The summed E-state index contributed by atoms with van der Waals surface area (Å²) in [4.78, 5) is 16.3. The number of nitrogens with zero attached hydrogens (tertiary/aromatic N) is 1. The predicted octanol–water partition coefficient (Wildman–Crippen LogP) is 3.48. The first-order valence-corrected chi connectivity index (χ1v) is 6.45. The molecule has 0 spiro atoms. The number of aliphatic hydroxyl groups is 1.